The molecule has 4 heterocycles. The largest absolute Gasteiger partial charge is 0.416 e. The number of rotatable bonds is 5. The van der Waals surface area contributed by atoms with Gasteiger partial charge in [-0.2, -0.15) is 13.2 Å². The van der Waals surface area contributed by atoms with Gasteiger partial charge in [0.15, 0.2) is 5.82 Å². The first-order valence-corrected chi connectivity index (χ1v) is 12.1. The van der Waals surface area contributed by atoms with Gasteiger partial charge in [-0.25, -0.2) is 15.0 Å². The number of ether oxygens (including phenoxy) is 1. The number of hydrogen-bond acceptors (Lipinski definition) is 7. The van der Waals surface area contributed by atoms with E-state index < -0.39 is 11.7 Å². The summed E-state index contributed by atoms with van der Waals surface area (Å²) in [7, 11) is 0. The highest BCUT2D eigenvalue weighted by molar-refractivity contribution is 5.89. The fourth-order valence-corrected chi connectivity index (χ4v) is 4.63. The van der Waals surface area contributed by atoms with Crippen molar-refractivity contribution in [3.63, 3.8) is 0 Å². The summed E-state index contributed by atoms with van der Waals surface area (Å²) in [6.45, 7) is 8.05. The Kier molecular flexibility index (Phi) is 6.78. The fourth-order valence-electron chi connectivity index (χ4n) is 4.63. The van der Waals surface area contributed by atoms with Crippen LogP contribution in [0.2, 0.25) is 0 Å². The molecule has 0 bridgehead atoms. The number of fused-ring (bicyclic) bond motifs is 1. The Bertz CT molecular complexity index is 1400. The Morgan fingerprint density at radius 3 is 2.43 bits per heavy atom. The first kappa shape index (κ1) is 25.0. The summed E-state index contributed by atoms with van der Waals surface area (Å²) >= 11 is 0. The molecule has 1 fully saturated rings. The van der Waals surface area contributed by atoms with Crippen molar-refractivity contribution in [2.75, 3.05) is 18.4 Å². The molecule has 1 saturated heterocycles. The van der Waals surface area contributed by atoms with Crippen LogP contribution in [0.3, 0.4) is 0 Å². The van der Waals surface area contributed by atoms with Crippen molar-refractivity contribution in [2.45, 2.75) is 45.7 Å². The molecule has 10 heteroatoms. The van der Waals surface area contributed by atoms with E-state index in [2.05, 4.69) is 20.2 Å². The van der Waals surface area contributed by atoms with Gasteiger partial charge in [0, 0.05) is 36.7 Å². The van der Waals surface area contributed by atoms with E-state index in [1.54, 1.807) is 12.4 Å². The van der Waals surface area contributed by atoms with Crippen molar-refractivity contribution < 1.29 is 17.9 Å². The second-order valence-electron chi connectivity index (χ2n) is 9.40. The summed E-state index contributed by atoms with van der Waals surface area (Å²) < 4.78 is 44.9. The van der Waals surface area contributed by atoms with E-state index in [0.29, 0.717) is 34.9 Å². The highest BCUT2D eigenvalue weighted by Crippen LogP contribution is 2.31. The van der Waals surface area contributed by atoms with Gasteiger partial charge < -0.3 is 10.1 Å². The highest BCUT2D eigenvalue weighted by atomic mass is 19.4. The third-order valence-electron chi connectivity index (χ3n) is 6.20. The van der Waals surface area contributed by atoms with Gasteiger partial charge in [0.1, 0.15) is 11.3 Å². The molecule has 0 saturated carbocycles. The van der Waals surface area contributed by atoms with Crippen LogP contribution in [0.1, 0.15) is 30.8 Å². The summed E-state index contributed by atoms with van der Waals surface area (Å²) in [5.41, 5.74) is 3.54. The quantitative estimate of drug-likeness (QED) is 0.367. The molecule has 1 aromatic carbocycles. The lowest BCUT2D eigenvalue weighted by Crippen LogP contribution is -2.45. The number of pyridine rings is 2. The molecule has 0 aliphatic carbocycles. The molecule has 2 atom stereocenters. The number of morpholine rings is 1. The number of aromatic nitrogens is 4. The lowest BCUT2D eigenvalue weighted by atomic mass is 10.1. The van der Waals surface area contributed by atoms with Crippen LogP contribution in [0.4, 0.5) is 24.7 Å². The van der Waals surface area contributed by atoms with E-state index in [4.69, 9.17) is 14.7 Å². The number of aryl methyl sites for hydroxylation is 1. The molecule has 5 rings (SSSR count). The van der Waals surface area contributed by atoms with Crippen LogP contribution in [-0.2, 0) is 17.5 Å². The zero-order valence-corrected chi connectivity index (χ0v) is 20.8. The average molecular weight is 509 g/mol. The maximum Gasteiger partial charge on any atom is 0.416 e. The minimum absolute atomic E-state index is 0.0920. The van der Waals surface area contributed by atoms with Crippen LogP contribution in [0.15, 0.2) is 54.9 Å². The average Bonchev–Trinajstić information content (AvgIpc) is 2.83. The number of hydrogen-bond donors (Lipinski definition) is 1. The topological polar surface area (TPSA) is 76.1 Å². The van der Waals surface area contributed by atoms with Gasteiger partial charge in [-0.3, -0.25) is 9.88 Å². The summed E-state index contributed by atoms with van der Waals surface area (Å²) in [6, 6.07) is 10.6. The van der Waals surface area contributed by atoms with Crippen LogP contribution in [0.5, 0.6) is 0 Å². The fraction of sp³-hybridized carbons (Fsp3) is 0.333. The molecule has 192 valence electrons. The van der Waals surface area contributed by atoms with Gasteiger partial charge in [0.2, 0.25) is 0 Å². The lowest BCUT2D eigenvalue weighted by molar-refractivity contribution is -0.137. The zero-order valence-electron chi connectivity index (χ0n) is 20.8. The Hall–Kier alpha value is -3.63. The predicted octanol–water partition coefficient (Wildman–Crippen LogP) is 5.77. The number of alkyl halides is 3. The lowest BCUT2D eigenvalue weighted by Gasteiger charge is -2.34. The van der Waals surface area contributed by atoms with Crippen LogP contribution in [0, 0.1) is 6.92 Å². The van der Waals surface area contributed by atoms with Gasteiger partial charge in [-0.1, -0.05) is 6.07 Å². The molecule has 0 unspecified atom stereocenters. The number of nitrogens with zero attached hydrogens (tertiary/aromatic N) is 5. The van der Waals surface area contributed by atoms with E-state index in [0.717, 1.165) is 42.0 Å². The van der Waals surface area contributed by atoms with Gasteiger partial charge >= 0.3 is 6.18 Å². The van der Waals surface area contributed by atoms with Crippen molar-refractivity contribution in [1.29, 1.82) is 0 Å². The van der Waals surface area contributed by atoms with Gasteiger partial charge in [0.25, 0.3) is 0 Å². The summed E-state index contributed by atoms with van der Waals surface area (Å²) in [4.78, 5) is 20.9. The van der Waals surface area contributed by atoms with E-state index in [-0.39, 0.29) is 12.2 Å². The third-order valence-corrected chi connectivity index (χ3v) is 6.20. The Morgan fingerprint density at radius 2 is 1.76 bits per heavy atom. The molecule has 1 aliphatic rings. The van der Waals surface area contributed by atoms with Crippen LogP contribution in [0.25, 0.3) is 22.3 Å². The SMILES string of the molecule is Cc1cccnc1-c1cnc2c(Nc3ccc(C(F)(F)F)cc3)nc(CN3C[C@@H](C)O[C@@H](C)C3)nc2c1. The summed E-state index contributed by atoms with van der Waals surface area (Å²) in [5, 5.41) is 3.15. The van der Waals surface area contributed by atoms with Crippen molar-refractivity contribution in [1.82, 2.24) is 24.8 Å². The standard InChI is InChI=1S/C27H27F3N6O/c1-16-5-4-10-31-24(16)19-11-22-25(32-12-19)26(33-21-8-6-20(7-9-21)27(28,29)30)35-23(34-22)15-36-13-17(2)37-18(3)14-36/h4-12,17-18H,13-15H2,1-3H3,(H,33,34,35)/t17-,18+. The normalized spacial score (nSPS) is 18.8. The van der Waals surface area contributed by atoms with Gasteiger partial charge in [0.05, 0.1) is 35.5 Å². The predicted molar refractivity (Wildman–Crippen MR) is 135 cm³/mol. The third kappa shape index (κ3) is 5.70. The van der Waals surface area contributed by atoms with E-state index >= 15 is 0 Å². The molecule has 0 radical (unpaired) electrons. The van der Waals surface area contributed by atoms with Crippen molar-refractivity contribution >= 4 is 22.5 Å². The van der Waals surface area contributed by atoms with Crippen LogP contribution in [-0.4, -0.2) is 50.1 Å². The maximum absolute atomic E-state index is 13.0. The number of nitrogens with one attached hydrogen (secondary N) is 1. The number of benzene rings is 1. The molecule has 7 nitrogen and oxygen atoms in total. The molecule has 4 aromatic rings. The minimum atomic E-state index is -4.40. The van der Waals surface area contributed by atoms with Gasteiger partial charge in [-0.05, 0) is 62.7 Å². The van der Waals surface area contributed by atoms with Crippen molar-refractivity contribution in [3.8, 4) is 11.3 Å². The van der Waals surface area contributed by atoms with E-state index in [9.17, 15) is 13.2 Å². The molecule has 0 amide bonds. The van der Waals surface area contributed by atoms with Gasteiger partial charge in [-0.15, -0.1) is 0 Å². The molecular formula is C27H27F3N6O. The summed E-state index contributed by atoms with van der Waals surface area (Å²) in [6.07, 6.45) is -0.773. The van der Waals surface area contributed by atoms with Crippen molar-refractivity contribution in [3.05, 3.63) is 71.8 Å². The summed E-state index contributed by atoms with van der Waals surface area (Å²) in [5.74, 6) is 1.01. The van der Waals surface area contributed by atoms with E-state index in [1.807, 2.05) is 39.0 Å². The Labute approximate surface area is 212 Å². The minimum Gasteiger partial charge on any atom is -0.373 e. The molecule has 1 N–H and O–H groups in total. The smallest absolute Gasteiger partial charge is 0.373 e. The maximum atomic E-state index is 13.0. The van der Waals surface area contributed by atoms with Crippen LogP contribution < -0.4 is 5.32 Å². The zero-order chi connectivity index (χ0) is 26.2. The van der Waals surface area contributed by atoms with Crippen LogP contribution >= 0.6 is 0 Å². The van der Waals surface area contributed by atoms with E-state index in [1.165, 1.54) is 12.1 Å². The van der Waals surface area contributed by atoms with Crippen molar-refractivity contribution in [2.24, 2.45) is 0 Å². The molecular weight excluding hydrogens is 481 g/mol. The monoisotopic (exact) mass is 508 g/mol. The Morgan fingerprint density at radius 1 is 1.03 bits per heavy atom. The second-order valence-corrected chi connectivity index (χ2v) is 9.40. The molecule has 3 aromatic heterocycles. The first-order chi connectivity index (χ1) is 17.7. The highest BCUT2D eigenvalue weighted by Gasteiger charge is 2.30. The first-order valence-electron chi connectivity index (χ1n) is 12.1. The number of halogens is 3. The molecule has 1 aliphatic heterocycles. The molecule has 0 spiro atoms. The number of anilines is 2. The second kappa shape index (κ2) is 10.0. The Balaban J connectivity index is 1.54. The molecule has 37 heavy (non-hydrogen) atoms.